The van der Waals surface area contributed by atoms with E-state index in [1.165, 1.54) is 21.3 Å². The van der Waals surface area contributed by atoms with E-state index >= 15 is 0 Å². The first-order valence-corrected chi connectivity index (χ1v) is 14.6. The molecule has 2 aromatic rings. The monoisotopic (exact) mass is 539 g/mol. The van der Waals surface area contributed by atoms with Crippen molar-refractivity contribution in [3.05, 3.63) is 65.7 Å². The molecule has 4 rings (SSSR count). The number of hydrogen-bond acceptors (Lipinski definition) is 5. The van der Waals surface area contributed by atoms with Crippen LogP contribution >= 0.6 is 0 Å². The van der Waals surface area contributed by atoms with Crippen molar-refractivity contribution in [2.45, 2.75) is 75.9 Å². The summed E-state index contributed by atoms with van der Waals surface area (Å²) in [6.45, 7) is 10.2. The maximum Gasteiger partial charge on any atom is 0.251 e. The number of rotatable bonds is 7. The number of hydrogen-bond donors (Lipinski definition) is 1. The predicted octanol–water partition coefficient (Wildman–Crippen LogP) is 3.37. The van der Waals surface area contributed by atoms with Crippen LogP contribution in [0, 0.1) is 5.92 Å². The zero-order valence-corrected chi connectivity index (χ0v) is 23.5. The number of likely N-dealkylation sites (tertiary alicyclic amines) is 1. The van der Waals surface area contributed by atoms with Crippen molar-refractivity contribution >= 4 is 27.6 Å². The zero-order chi connectivity index (χ0) is 27.8. The van der Waals surface area contributed by atoms with Crippen LogP contribution in [0.4, 0.5) is 0 Å². The summed E-state index contributed by atoms with van der Waals surface area (Å²) in [5.74, 6) is -0.891. The molecule has 2 heterocycles. The van der Waals surface area contributed by atoms with E-state index in [9.17, 15) is 22.8 Å². The molecule has 204 valence electrons. The highest BCUT2D eigenvalue weighted by molar-refractivity contribution is 7.89. The molecule has 0 spiro atoms. The number of ketones is 1. The van der Waals surface area contributed by atoms with Gasteiger partial charge in [-0.1, -0.05) is 65.0 Å². The molecule has 3 atom stereocenters. The zero-order valence-electron chi connectivity index (χ0n) is 22.7. The molecule has 0 saturated carbocycles. The Hall–Kier alpha value is -3.04. The molecule has 0 aliphatic carbocycles. The lowest BCUT2D eigenvalue weighted by Gasteiger charge is -2.29. The molecule has 2 aliphatic rings. The molecule has 2 aromatic carbocycles. The number of sulfonamides is 1. The fourth-order valence-corrected chi connectivity index (χ4v) is 6.97. The number of fused-ring (bicyclic) bond motifs is 1. The summed E-state index contributed by atoms with van der Waals surface area (Å²) in [5.41, 5.74) is 1.50. The topological polar surface area (TPSA) is 104 Å². The van der Waals surface area contributed by atoms with Gasteiger partial charge in [-0.25, -0.2) is 8.42 Å². The van der Waals surface area contributed by atoms with E-state index in [-0.39, 0.29) is 46.9 Å². The third-order valence-corrected chi connectivity index (χ3v) is 9.22. The highest BCUT2D eigenvalue weighted by atomic mass is 32.2. The molecule has 3 unspecified atom stereocenters. The van der Waals surface area contributed by atoms with Crippen molar-refractivity contribution in [2.75, 3.05) is 13.1 Å². The van der Waals surface area contributed by atoms with Gasteiger partial charge in [0.1, 0.15) is 12.1 Å². The molecule has 1 N–H and O–H groups in total. The number of benzene rings is 2. The predicted molar refractivity (Wildman–Crippen MR) is 145 cm³/mol. The number of Topliss-reactive ketones (excluding diaryl/α,β-unsaturated/α-hetero) is 1. The molecule has 8 nitrogen and oxygen atoms in total. The van der Waals surface area contributed by atoms with E-state index in [1.807, 2.05) is 26.0 Å². The maximum atomic E-state index is 13.7. The minimum absolute atomic E-state index is 0.0485. The number of nitrogens with one attached hydrogen (secondary N) is 1. The molecule has 9 heteroatoms. The van der Waals surface area contributed by atoms with E-state index in [0.717, 1.165) is 5.56 Å². The molecule has 38 heavy (non-hydrogen) atoms. The average Bonchev–Trinajstić information content (AvgIpc) is 3.44. The summed E-state index contributed by atoms with van der Waals surface area (Å²) in [6.07, 6.45) is 0.767. The maximum absolute atomic E-state index is 13.7. The van der Waals surface area contributed by atoms with Gasteiger partial charge in [0.25, 0.3) is 5.91 Å². The molecule has 2 aliphatic heterocycles. The van der Waals surface area contributed by atoms with Gasteiger partial charge in [0, 0.05) is 12.1 Å². The first-order chi connectivity index (χ1) is 17.8. The first-order valence-electron chi connectivity index (χ1n) is 13.1. The Bertz CT molecular complexity index is 1300. The number of amides is 2. The Morgan fingerprint density at radius 2 is 1.66 bits per heavy atom. The second kappa shape index (κ2) is 10.6. The highest BCUT2D eigenvalue weighted by Crippen LogP contribution is 2.34. The molecule has 0 radical (unpaired) electrons. The van der Waals surface area contributed by atoms with Gasteiger partial charge in [-0.2, -0.15) is 4.31 Å². The standard InChI is InChI=1S/C29H37N3O5S/c1-19(2)17-23(30-27(34)20-11-13-21(14-12-20)29(3,4)5)28(35)31-16-15-24-26(31)25(33)18-32(24)38(36,37)22-9-7-6-8-10-22/h6-14,19,23-24,26H,15-18H2,1-5H3,(H,30,34). The largest absolute Gasteiger partial charge is 0.340 e. The van der Waals surface area contributed by atoms with Crippen molar-refractivity contribution in [2.24, 2.45) is 5.92 Å². The van der Waals surface area contributed by atoms with Crippen LogP contribution in [0.2, 0.25) is 0 Å². The van der Waals surface area contributed by atoms with Gasteiger partial charge in [-0.15, -0.1) is 0 Å². The van der Waals surface area contributed by atoms with Gasteiger partial charge < -0.3 is 10.2 Å². The lowest BCUT2D eigenvalue weighted by molar-refractivity contribution is -0.138. The molecule has 2 fully saturated rings. The SMILES string of the molecule is CC(C)CC(NC(=O)c1ccc(C(C)(C)C)cc1)C(=O)N1CCC2C1C(=O)CN2S(=O)(=O)c1ccccc1. The van der Waals surface area contributed by atoms with Crippen LogP contribution in [0.25, 0.3) is 0 Å². The van der Waals surface area contributed by atoms with Crippen LogP contribution in [0.1, 0.15) is 63.4 Å². The Morgan fingerprint density at radius 1 is 1.03 bits per heavy atom. The number of nitrogens with zero attached hydrogens (tertiary/aromatic N) is 2. The van der Waals surface area contributed by atoms with Gasteiger partial charge in [-0.05, 0) is 54.0 Å². The van der Waals surface area contributed by atoms with E-state index in [2.05, 4.69) is 26.1 Å². The Kier molecular flexibility index (Phi) is 7.81. The van der Waals surface area contributed by atoms with E-state index in [0.29, 0.717) is 18.4 Å². The first kappa shape index (κ1) is 28.0. The Morgan fingerprint density at radius 3 is 2.24 bits per heavy atom. The number of carbonyl (C=O) groups excluding carboxylic acids is 3. The van der Waals surface area contributed by atoms with Gasteiger partial charge >= 0.3 is 0 Å². The minimum atomic E-state index is -3.88. The fraction of sp³-hybridized carbons (Fsp3) is 0.483. The molecule has 2 amide bonds. The van der Waals surface area contributed by atoms with Crippen molar-refractivity contribution in [1.29, 1.82) is 0 Å². The number of carbonyl (C=O) groups is 3. The smallest absolute Gasteiger partial charge is 0.251 e. The second-order valence-corrected chi connectivity index (χ2v) is 13.5. The van der Waals surface area contributed by atoms with Crippen LogP contribution < -0.4 is 5.32 Å². The van der Waals surface area contributed by atoms with Crippen LogP contribution in [0.15, 0.2) is 59.5 Å². The molecular weight excluding hydrogens is 502 g/mol. The lowest BCUT2D eigenvalue weighted by atomic mass is 9.86. The van der Waals surface area contributed by atoms with Crippen LogP contribution in [0.5, 0.6) is 0 Å². The molecule has 2 saturated heterocycles. The summed E-state index contributed by atoms with van der Waals surface area (Å²) in [5, 5.41) is 2.89. The highest BCUT2D eigenvalue weighted by Gasteiger charge is 2.54. The van der Waals surface area contributed by atoms with Crippen molar-refractivity contribution in [3.8, 4) is 0 Å². The van der Waals surface area contributed by atoms with E-state index in [4.69, 9.17) is 0 Å². The van der Waals surface area contributed by atoms with Gasteiger partial charge in [0.05, 0.1) is 17.5 Å². The van der Waals surface area contributed by atoms with Gasteiger partial charge in [0.2, 0.25) is 15.9 Å². The van der Waals surface area contributed by atoms with Crippen LogP contribution in [-0.2, 0) is 25.0 Å². The van der Waals surface area contributed by atoms with Gasteiger partial charge in [0.15, 0.2) is 5.78 Å². The minimum Gasteiger partial charge on any atom is -0.340 e. The quantitative estimate of drug-likeness (QED) is 0.581. The van der Waals surface area contributed by atoms with E-state index < -0.39 is 28.1 Å². The lowest BCUT2D eigenvalue weighted by Crippen LogP contribution is -2.53. The Balaban J connectivity index is 1.53. The summed E-state index contributed by atoms with van der Waals surface area (Å²) >= 11 is 0. The summed E-state index contributed by atoms with van der Waals surface area (Å²) < 4.78 is 27.8. The second-order valence-electron chi connectivity index (χ2n) is 11.6. The van der Waals surface area contributed by atoms with Crippen molar-refractivity contribution in [1.82, 2.24) is 14.5 Å². The summed E-state index contributed by atoms with van der Waals surface area (Å²) in [7, 11) is -3.88. The third kappa shape index (κ3) is 5.54. The van der Waals surface area contributed by atoms with Crippen LogP contribution in [0.3, 0.4) is 0 Å². The summed E-state index contributed by atoms with van der Waals surface area (Å²) in [4.78, 5) is 41.5. The third-order valence-electron chi connectivity index (χ3n) is 7.33. The van der Waals surface area contributed by atoms with Crippen LogP contribution in [-0.4, -0.2) is 66.4 Å². The summed E-state index contributed by atoms with van der Waals surface area (Å²) in [6, 6.07) is 13.1. The van der Waals surface area contributed by atoms with Gasteiger partial charge in [-0.3, -0.25) is 14.4 Å². The normalized spacial score (nSPS) is 21.0. The molecular formula is C29H37N3O5S. The fourth-order valence-electron chi connectivity index (χ4n) is 5.32. The molecule has 0 aromatic heterocycles. The molecule has 0 bridgehead atoms. The Labute approximate surface area is 225 Å². The van der Waals surface area contributed by atoms with E-state index in [1.54, 1.807) is 30.3 Å². The average molecular weight is 540 g/mol. The van der Waals surface area contributed by atoms with Crippen molar-refractivity contribution in [3.63, 3.8) is 0 Å². The van der Waals surface area contributed by atoms with Crippen molar-refractivity contribution < 1.29 is 22.8 Å².